The maximum atomic E-state index is 14.2. The molecule has 0 aliphatic rings. The van der Waals surface area contributed by atoms with E-state index in [1.807, 2.05) is 0 Å². The predicted molar refractivity (Wildman–Crippen MR) is 103 cm³/mol. The van der Waals surface area contributed by atoms with Gasteiger partial charge in [-0.05, 0) is 23.8 Å². The first-order valence-electron chi connectivity index (χ1n) is 8.77. The third kappa shape index (κ3) is 3.82. The Labute approximate surface area is 163 Å². The molecule has 4 rings (SSSR count). The molecule has 1 N–H and O–H groups in total. The van der Waals surface area contributed by atoms with Gasteiger partial charge in [0.15, 0.2) is 11.6 Å². The van der Waals surface area contributed by atoms with Gasteiger partial charge in [0.25, 0.3) is 0 Å². The molecule has 5 nitrogen and oxygen atoms in total. The van der Waals surface area contributed by atoms with Gasteiger partial charge < -0.3 is 9.88 Å². The van der Waals surface area contributed by atoms with Crippen molar-refractivity contribution in [3.05, 3.63) is 100.0 Å². The van der Waals surface area contributed by atoms with Crippen molar-refractivity contribution in [3.63, 3.8) is 0 Å². The van der Waals surface area contributed by atoms with Crippen molar-refractivity contribution in [1.29, 1.82) is 0 Å². The first kappa shape index (κ1) is 18.7. The monoisotopic (exact) mass is 396 g/mol. The molecule has 0 aliphatic heterocycles. The predicted octanol–water partition coefficient (Wildman–Crippen LogP) is 3.94. The molecule has 0 fully saturated rings. The largest absolute Gasteiger partial charge is 0.347 e. The SMILES string of the molecule is O=c1cc(CN(Cc2ccccc2F)c2cnccn2)c2ccc(F)c(F)c2[nH]1. The topological polar surface area (TPSA) is 61.9 Å². The van der Waals surface area contributed by atoms with Crippen LogP contribution in [-0.2, 0) is 13.1 Å². The summed E-state index contributed by atoms with van der Waals surface area (Å²) in [5.74, 6) is -2.11. The molecule has 146 valence electrons. The summed E-state index contributed by atoms with van der Waals surface area (Å²) >= 11 is 0. The second-order valence-electron chi connectivity index (χ2n) is 6.45. The summed E-state index contributed by atoms with van der Waals surface area (Å²) in [5.41, 5.74) is 0.0913. The molecule has 29 heavy (non-hydrogen) atoms. The number of aromatic nitrogens is 3. The zero-order chi connectivity index (χ0) is 20.4. The van der Waals surface area contributed by atoms with E-state index in [-0.39, 0.29) is 24.4 Å². The van der Waals surface area contributed by atoms with Gasteiger partial charge in [0.05, 0.1) is 11.7 Å². The lowest BCUT2D eigenvalue weighted by Gasteiger charge is -2.24. The molecule has 2 aromatic heterocycles. The van der Waals surface area contributed by atoms with Gasteiger partial charge in [0.2, 0.25) is 5.56 Å². The maximum Gasteiger partial charge on any atom is 0.248 e. The molecule has 0 amide bonds. The Hall–Kier alpha value is -3.68. The highest BCUT2D eigenvalue weighted by Gasteiger charge is 2.17. The van der Waals surface area contributed by atoms with Crippen LogP contribution in [0.25, 0.3) is 10.9 Å². The van der Waals surface area contributed by atoms with Crippen molar-refractivity contribution in [3.8, 4) is 0 Å². The molecule has 0 radical (unpaired) electrons. The van der Waals surface area contributed by atoms with E-state index in [0.29, 0.717) is 22.3 Å². The van der Waals surface area contributed by atoms with Crippen LogP contribution < -0.4 is 10.5 Å². The van der Waals surface area contributed by atoms with Crippen molar-refractivity contribution in [2.75, 3.05) is 4.90 Å². The summed E-state index contributed by atoms with van der Waals surface area (Å²) in [6.45, 7) is 0.252. The Morgan fingerprint density at radius 1 is 0.931 bits per heavy atom. The number of halogens is 3. The van der Waals surface area contributed by atoms with E-state index in [0.717, 1.165) is 6.07 Å². The lowest BCUT2D eigenvalue weighted by atomic mass is 10.1. The molecule has 8 heteroatoms. The zero-order valence-electron chi connectivity index (χ0n) is 15.1. The lowest BCUT2D eigenvalue weighted by molar-refractivity contribution is 0.515. The minimum atomic E-state index is -1.12. The van der Waals surface area contributed by atoms with Gasteiger partial charge in [-0.25, -0.2) is 18.2 Å². The summed E-state index contributed by atoms with van der Waals surface area (Å²) in [6, 6.07) is 10.0. The molecule has 0 bridgehead atoms. The van der Waals surface area contributed by atoms with E-state index in [2.05, 4.69) is 15.0 Å². The second kappa shape index (κ2) is 7.75. The van der Waals surface area contributed by atoms with Crippen LogP contribution in [0.5, 0.6) is 0 Å². The number of benzene rings is 2. The minimum Gasteiger partial charge on any atom is -0.347 e. The highest BCUT2D eigenvalue weighted by molar-refractivity contribution is 5.82. The van der Waals surface area contributed by atoms with Crippen LogP contribution in [-0.4, -0.2) is 15.0 Å². The molecule has 0 atom stereocenters. The number of H-pyrrole nitrogens is 1. The van der Waals surface area contributed by atoms with Gasteiger partial charge in [-0.15, -0.1) is 0 Å². The standard InChI is InChI=1S/C21H15F3N4O/c22-16-4-2-1-3-13(16)11-28(18-10-25-7-8-26-18)12-14-9-19(29)27-21-15(14)5-6-17(23)20(21)24/h1-10H,11-12H2,(H,27,29). The highest BCUT2D eigenvalue weighted by Crippen LogP contribution is 2.24. The van der Waals surface area contributed by atoms with Crippen LogP contribution in [0.15, 0.2) is 65.8 Å². The van der Waals surface area contributed by atoms with Crippen LogP contribution in [0.2, 0.25) is 0 Å². The van der Waals surface area contributed by atoms with E-state index < -0.39 is 17.2 Å². The van der Waals surface area contributed by atoms with Crippen LogP contribution >= 0.6 is 0 Å². The summed E-state index contributed by atoms with van der Waals surface area (Å²) in [5, 5.41) is 0.353. The average Bonchev–Trinajstić information content (AvgIpc) is 2.72. The van der Waals surface area contributed by atoms with Gasteiger partial charge in [-0.2, -0.15) is 0 Å². The summed E-state index contributed by atoms with van der Waals surface area (Å²) < 4.78 is 42.0. The molecule has 0 spiro atoms. The van der Waals surface area contributed by atoms with Gasteiger partial charge in [-0.3, -0.25) is 9.78 Å². The Morgan fingerprint density at radius 2 is 1.72 bits per heavy atom. The maximum absolute atomic E-state index is 14.2. The summed E-state index contributed by atoms with van der Waals surface area (Å²) in [4.78, 5) is 24.4. The molecular weight excluding hydrogens is 381 g/mol. The smallest absolute Gasteiger partial charge is 0.248 e. The normalized spacial score (nSPS) is 11.0. The third-order valence-electron chi connectivity index (χ3n) is 4.55. The van der Waals surface area contributed by atoms with Gasteiger partial charge in [0.1, 0.15) is 11.6 Å². The zero-order valence-corrected chi connectivity index (χ0v) is 15.1. The van der Waals surface area contributed by atoms with Crippen molar-refractivity contribution < 1.29 is 13.2 Å². The number of aromatic amines is 1. The summed E-state index contributed by atoms with van der Waals surface area (Å²) in [6.07, 6.45) is 4.51. The fourth-order valence-corrected chi connectivity index (χ4v) is 3.18. The molecule has 0 saturated carbocycles. The number of rotatable bonds is 5. The van der Waals surface area contributed by atoms with Gasteiger partial charge >= 0.3 is 0 Å². The average molecular weight is 396 g/mol. The van der Waals surface area contributed by atoms with Crippen molar-refractivity contribution in [1.82, 2.24) is 15.0 Å². The lowest BCUT2D eigenvalue weighted by Crippen LogP contribution is -2.25. The number of nitrogens with zero attached hydrogens (tertiary/aromatic N) is 3. The first-order valence-corrected chi connectivity index (χ1v) is 8.77. The van der Waals surface area contributed by atoms with Crippen molar-refractivity contribution in [2.45, 2.75) is 13.1 Å². The molecule has 0 unspecified atom stereocenters. The second-order valence-corrected chi connectivity index (χ2v) is 6.45. The molecule has 2 heterocycles. The number of nitrogens with one attached hydrogen (secondary N) is 1. The molecule has 0 aliphatic carbocycles. The van der Waals surface area contributed by atoms with E-state index in [1.54, 1.807) is 23.1 Å². The Morgan fingerprint density at radius 3 is 2.48 bits per heavy atom. The summed E-state index contributed by atoms with van der Waals surface area (Å²) in [7, 11) is 0. The van der Waals surface area contributed by atoms with E-state index in [9.17, 15) is 18.0 Å². The Balaban J connectivity index is 1.80. The fourth-order valence-electron chi connectivity index (χ4n) is 3.18. The van der Waals surface area contributed by atoms with Crippen molar-refractivity contribution in [2.24, 2.45) is 0 Å². The fraction of sp³-hybridized carbons (Fsp3) is 0.0952. The number of hydrogen-bond acceptors (Lipinski definition) is 4. The Bertz CT molecular complexity index is 1230. The van der Waals surface area contributed by atoms with Crippen molar-refractivity contribution >= 4 is 16.7 Å². The first-order chi connectivity index (χ1) is 14.0. The van der Waals surface area contributed by atoms with Crippen LogP contribution in [0, 0.1) is 17.5 Å². The number of anilines is 1. The van der Waals surface area contributed by atoms with E-state index in [4.69, 9.17) is 0 Å². The minimum absolute atomic E-state index is 0.110. The number of pyridine rings is 1. The highest BCUT2D eigenvalue weighted by atomic mass is 19.2. The quantitative estimate of drug-likeness (QED) is 0.555. The number of hydrogen-bond donors (Lipinski definition) is 1. The Kier molecular flexibility index (Phi) is 4.99. The van der Waals surface area contributed by atoms with Gasteiger partial charge in [0, 0.05) is 42.5 Å². The third-order valence-corrected chi connectivity index (χ3v) is 4.55. The number of fused-ring (bicyclic) bond motifs is 1. The van der Waals surface area contributed by atoms with Crippen LogP contribution in [0.4, 0.5) is 19.0 Å². The molecular formula is C21H15F3N4O. The van der Waals surface area contributed by atoms with Crippen LogP contribution in [0.3, 0.4) is 0 Å². The molecule has 2 aromatic carbocycles. The molecule has 4 aromatic rings. The molecule has 0 saturated heterocycles. The van der Waals surface area contributed by atoms with E-state index >= 15 is 0 Å². The van der Waals surface area contributed by atoms with Gasteiger partial charge in [-0.1, -0.05) is 18.2 Å². The van der Waals surface area contributed by atoms with E-state index in [1.165, 1.54) is 36.8 Å². The van der Waals surface area contributed by atoms with Crippen LogP contribution in [0.1, 0.15) is 11.1 Å².